The summed E-state index contributed by atoms with van der Waals surface area (Å²) in [5.74, 6) is -0.774. The van der Waals surface area contributed by atoms with Crippen LogP contribution in [0.1, 0.15) is 48.8 Å². The summed E-state index contributed by atoms with van der Waals surface area (Å²) < 4.78 is 6.00. The number of halogens is 1. The molecule has 7 rings (SSSR count). The first-order valence-corrected chi connectivity index (χ1v) is 23.1. The number of pyridine rings is 1. The van der Waals surface area contributed by atoms with Gasteiger partial charge in [0.25, 0.3) is 0 Å². The highest BCUT2D eigenvalue weighted by atomic mass is 79.9. The number of nitrogens with one attached hydrogen (secondary N) is 4. The number of carbonyl (C=O) groups is 4. The Bertz CT molecular complexity index is 2100. The summed E-state index contributed by atoms with van der Waals surface area (Å²) in [5.41, 5.74) is 4.04. The van der Waals surface area contributed by atoms with E-state index in [0.29, 0.717) is 87.1 Å². The number of aryl methyl sites for hydroxylation is 1. The van der Waals surface area contributed by atoms with Crippen molar-refractivity contribution in [3.05, 3.63) is 82.1 Å². The van der Waals surface area contributed by atoms with Crippen LogP contribution in [-0.4, -0.2) is 170 Å². The van der Waals surface area contributed by atoms with Gasteiger partial charge in [0.1, 0.15) is 48.5 Å². The van der Waals surface area contributed by atoms with Gasteiger partial charge in [-0.25, -0.2) is 9.59 Å². The summed E-state index contributed by atoms with van der Waals surface area (Å²) in [6.45, 7) is 4.59. The molecule has 1 aromatic heterocycles. The number of benzene rings is 2. The molecule has 19 nitrogen and oxygen atoms in total. The summed E-state index contributed by atoms with van der Waals surface area (Å²) in [4.78, 5) is 67.4. The summed E-state index contributed by atoms with van der Waals surface area (Å²) in [6.07, 6.45) is -0.861. The highest BCUT2D eigenvalue weighted by molar-refractivity contribution is 9.10. The minimum Gasteiger partial charge on any atom is -0.506 e. The Kier molecular flexibility index (Phi) is 16.1. The Morgan fingerprint density at radius 2 is 1.63 bits per heavy atom. The number of rotatable bonds is 15. The summed E-state index contributed by atoms with van der Waals surface area (Å²) >= 11 is 3.40. The molecule has 7 atom stereocenters. The molecule has 65 heavy (non-hydrogen) atoms. The first kappa shape index (κ1) is 47.9. The number of hydrogen-bond donors (Lipinski definition) is 9. The number of piperidine rings is 1. The van der Waals surface area contributed by atoms with Gasteiger partial charge in [0.15, 0.2) is 0 Å². The third kappa shape index (κ3) is 11.7. The van der Waals surface area contributed by atoms with Gasteiger partial charge in [0.2, 0.25) is 11.8 Å². The number of unbranched alkanes of at least 4 members (excludes halogenated alkanes) is 1. The SMILES string of the molecule is Cc1cc(C[C@@H](NC(=O)N2CCC(N3Cc4ccccc4NC3=O)CC2)C(=O)N[C@@H](CCCCN[C@@H]2OC(CO)[C@@H](O)C(O)C2O)C(=O)N2CCN(c3ccncc3)CC2)cc(Br)c1O. The van der Waals surface area contributed by atoms with Crippen LogP contribution in [0.15, 0.2) is 65.4 Å². The summed E-state index contributed by atoms with van der Waals surface area (Å²) in [6, 6.07) is 12.1. The van der Waals surface area contributed by atoms with Crippen molar-refractivity contribution >= 4 is 51.2 Å². The number of phenols is 1. The van der Waals surface area contributed by atoms with Gasteiger partial charge in [-0.1, -0.05) is 24.3 Å². The van der Waals surface area contributed by atoms with E-state index in [4.69, 9.17) is 4.74 Å². The van der Waals surface area contributed by atoms with Gasteiger partial charge in [0, 0.05) is 82.0 Å². The lowest BCUT2D eigenvalue weighted by atomic mass is 9.98. The summed E-state index contributed by atoms with van der Waals surface area (Å²) in [5, 5.41) is 62.8. The number of phenolic OH excluding ortho intramolecular Hbond substituents is 1. The van der Waals surface area contributed by atoms with Crippen LogP contribution in [0.25, 0.3) is 0 Å². The number of amides is 6. The van der Waals surface area contributed by atoms with Crippen LogP contribution in [0, 0.1) is 6.92 Å². The maximum absolute atomic E-state index is 14.5. The lowest BCUT2D eigenvalue weighted by Crippen LogP contribution is -2.62. The molecule has 4 aliphatic rings. The second-order valence-electron chi connectivity index (χ2n) is 17.2. The minimum atomic E-state index is -1.52. The van der Waals surface area contributed by atoms with E-state index in [2.05, 4.69) is 47.1 Å². The number of piperazine rings is 1. The topological polar surface area (TPSA) is 253 Å². The molecular formula is C45H60BrN9O10. The largest absolute Gasteiger partial charge is 0.506 e. The van der Waals surface area contributed by atoms with Crippen LogP contribution in [0.5, 0.6) is 5.75 Å². The Morgan fingerprint density at radius 1 is 0.908 bits per heavy atom. The van der Waals surface area contributed by atoms with Crippen molar-refractivity contribution in [2.75, 3.05) is 62.6 Å². The standard InChI is InChI=1S/C45H60BrN9O10/c1-27-22-28(23-32(46)37(27)57)24-35(51-44(63)54-16-11-31(12-17-54)55-25-29-6-2-3-7-33(29)50-45(55)64)41(61)49-34(43(62)53-20-18-52(19-21-53)30-9-14-47-15-10-30)8-4-5-13-48-42-40(60)39(59)38(58)36(26-56)65-42/h2-3,6-7,9-10,14-15,22-23,31,34-36,38-40,42,48,56-60H,4-5,8,11-13,16-21,24-26H2,1H3,(H,49,61)(H,50,64)(H,51,63)/t34-,35+,36?,38+,39?,40?,42+/m0/s1. The van der Waals surface area contributed by atoms with Gasteiger partial charge in [-0.05, 0) is 102 Å². The average Bonchev–Trinajstić information content (AvgIpc) is 3.32. The lowest BCUT2D eigenvalue weighted by molar-refractivity contribution is -0.236. The van der Waals surface area contributed by atoms with E-state index in [1.807, 2.05) is 36.4 Å². The average molecular weight is 967 g/mol. The molecule has 352 valence electrons. The van der Waals surface area contributed by atoms with Crippen molar-refractivity contribution in [3.63, 3.8) is 0 Å². The molecule has 3 unspecified atom stereocenters. The van der Waals surface area contributed by atoms with E-state index in [1.165, 1.54) is 0 Å². The number of anilines is 2. The third-order valence-corrected chi connectivity index (χ3v) is 13.4. The number of ether oxygens (including phenoxy) is 1. The zero-order valence-corrected chi connectivity index (χ0v) is 38.0. The van der Waals surface area contributed by atoms with E-state index < -0.39 is 61.3 Å². The van der Waals surface area contributed by atoms with Crippen LogP contribution in [0.3, 0.4) is 0 Å². The monoisotopic (exact) mass is 965 g/mol. The second kappa shape index (κ2) is 21.9. The fraction of sp³-hybridized carbons (Fsp3) is 0.533. The van der Waals surface area contributed by atoms with Crippen molar-refractivity contribution in [2.45, 2.75) is 101 Å². The molecule has 0 radical (unpaired) electrons. The number of hydrogen-bond acceptors (Lipinski definition) is 13. The molecule has 0 spiro atoms. The zero-order chi connectivity index (χ0) is 46.2. The van der Waals surface area contributed by atoms with Crippen LogP contribution in [-0.2, 0) is 27.3 Å². The number of fused-ring (bicyclic) bond motifs is 1. The van der Waals surface area contributed by atoms with E-state index in [1.54, 1.807) is 46.1 Å². The van der Waals surface area contributed by atoms with Crippen LogP contribution in [0.4, 0.5) is 21.0 Å². The molecule has 9 N–H and O–H groups in total. The van der Waals surface area contributed by atoms with Gasteiger partial charge in [-0.15, -0.1) is 0 Å². The Balaban J connectivity index is 1.03. The van der Waals surface area contributed by atoms with Crippen molar-refractivity contribution in [1.29, 1.82) is 0 Å². The molecule has 2 aromatic carbocycles. The predicted octanol–water partition coefficient (Wildman–Crippen LogP) is 1.38. The van der Waals surface area contributed by atoms with E-state index in [-0.39, 0.29) is 43.1 Å². The molecule has 0 bridgehead atoms. The second-order valence-corrected chi connectivity index (χ2v) is 18.0. The molecule has 20 heteroatoms. The van der Waals surface area contributed by atoms with Gasteiger partial charge in [-0.2, -0.15) is 0 Å². The van der Waals surface area contributed by atoms with Crippen molar-refractivity contribution in [3.8, 4) is 5.75 Å². The molecule has 4 aliphatic heterocycles. The predicted molar refractivity (Wildman–Crippen MR) is 243 cm³/mol. The van der Waals surface area contributed by atoms with Crippen LogP contribution < -0.4 is 26.2 Å². The number of urea groups is 2. The number of aliphatic hydroxyl groups excluding tert-OH is 4. The van der Waals surface area contributed by atoms with E-state index in [0.717, 1.165) is 16.9 Å². The quantitative estimate of drug-likeness (QED) is 0.0979. The molecule has 0 aliphatic carbocycles. The number of aromatic nitrogens is 1. The van der Waals surface area contributed by atoms with Gasteiger partial charge < -0.3 is 65.8 Å². The van der Waals surface area contributed by atoms with E-state index >= 15 is 0 Å². The molecule has 3 saturated heterocycles. The highest BCUT2D eigenvalue weighted by Crippen LogP contribution is 2.30. The molecular weight excluding hydrogens is 906 g/mol. The van der Waals surface area contributed by atoms with Gasteiger partial charge >= 0.3 is 12.1 Å². The Morgan fingerprint density at radius 3 is 2.34 bits per heavy atom. The Hall–Kier alpha value is -5.09. The fourth-order valence-electron chi connectivity index (χ4n) is 8.99. The smallest absolute Gasteiger partial charge is 0.322 e. The van der Waals surface area contributed by atoms with Crippen molar-refractivity contribution in [1.82, 2.24) is 35.6 Å². The number of carbonyl (C=O) groups excluding carboxylic acids is 4. The number of aromatic hydroxyl groups is 1. The third-order valence-electron chi connectivity index (χ3n) is 12.8. The van der Waals surface area contributed by atoms with Crippen molar-refractivity contribution < 1.29 is 49.4 Å². The van der Waals surface area contributed by atoms with E-state index in [9.17, 15) is 44.7 Å². The van der Waals surface area contributed by atoms with Crippen LogP contribution >= 0.6 is 15.9 Å². The minimum absolute atomic E-state index is 0.0512. The molecule has 0 saturated carbocycles. The van der Waals surface area contributed by atoms with Gasteiger partial charge in [-0.3, -0.25) is 19.9 Å². The summed E-state index contributed by atoms with van der Waals surface area (Å²) in [7, 11) is 0. The number of aliphatic hydroxyl groups is 4. The maximum atomic E-state index is 14.5. The Labute approximate surface area is 386 Å². The fourth-order valence-corrected chi connectivity index (χ4v) is 9.59. The van der Waals surface area contributed by atoms with Gasteiger partial charge in [0.05, 0.1) is 11.1 Å². The molecule has 3 aromatic rings. The number of para-hydroxylation sites is 1. The lowest BCUT2D eigenvalue weighted by Gasteiger charge is -2.40. The maximum Gasteiger partial charge on any atom is 0.322 e. The number of likely N-dealkylation sites (tertiary alicyclic amines) is 1. The normalized spacial score (nSPS) is 23.6. The zero-order valence-electron chi connectivity index (χ0n) is 36.4. The number of nitrogens with zero attached hydrogens (tertiary/aromatic N) is 5. The van der Waals surface area contributed by atoms with Crippen molar-refractivity contribution in [2.24, 2.45) is 0 Å². The highest BCUT2D eigenvalue weighted by Gasteiger charge is 2.43. The molecule has 3 fully saturated rings. The first-order valence-electron chi connectivity index (χ1n) is 22.3. The molecule has 6 amide bonds. The first-order chi connectivity index (χ1) is 31.3. The van der Waals surface area contributed by atoms with Crippen LogP contribution in [0.2, 0.25) is 0 Å². The molecule has 5 heterocycles.